The smallest absolute Gasteiger partial charge is 0.344 e. The molecule has 18 heavy (non-hydrogen) atoms. The standard InChI is InChI=1S/C12H24N2O4/c1-12(2,3)18-10(15)8-17-11(16)9(14)6-4-5-7-13/h9H,4-8,13-14H2,1-3H3/t9-/m1/s1. The Morgan fingerprint density at radius 3 is 2.33 bits per heavy atom. The second-order valence-electron chi connectivity index (χ2n) is 5.09. The Hall–Kier alpha value is -1.14. The number of hydrogen-bond acceptors (Lipinski definition) is 6. The van der Waals surface area contributed by atoms with Crippen molar-refractivity contribution < 1.29 is 19.1 Å². The third kappa shape index (κ3) is 8.95. The van der Waals surface area contributed by atoms with E-state index in [0.717, 1.165) is 12.8 Å². The summed E-state index contributed by atoms with van der Waals surface area (Å²) in [4.78, 5) is 22.7. The van der Waals surface area contributed by atoms with E-state index < -0.39 is 30.2 Å². The van der Waals surface area contributed by atoms with Gasteiger partial charge in [-0.3, -0.25) is 4.79 Å². The van der Waals surface area contributed by atoms with Crippen LogP contribution in [0.3, 0.4) is 0 Å². The number of carbonyl (C=O) groups excluding carboxylic acids is 2. The molecule has 0 bridgehead atoms. The van der Waals surface area contributed by atoms with Crippen LogP contribution in [0, 0.1) is 0 Å². The maximum absolute atomic E-state index is 11.4. The van der Waals surface area contributed by atoms with E-state index in [1.54, 1.807) is 20.8 Å². The summed E-state index contributed by atoms with van der Waals surface area (Å²) in [6.45, 7) is 5.39. The zero-order valence-corrected chi connectivity index (χ0v) is 11.4. The van der Waals surface area contributed by atoms with Crippen molar-refractivity contribution in [1.82, 2.24) is 0 Å². The first kappa shape index (κ1) is 16.9. The quantitative estimate of drug-likeness (QED) is 0.505. The minimum absolute atomic E-state index is 0.402. The summed E-state index contributed by atoms with van der Waals surface area (Å²) in [5, 5.41) is 0. The lowest BCUT2D eigenvalue weighted by Crippen LogP contribution is -2.35. The molecule has 0 rings (SSSR count). The zero-order valence-electron chi connectivity index (χ0n) is 11.4. The van der Waals surface area contributed by atoms with Crippen molar-refractivity contribution in [3.05, 3.63) is 0 Å². The summed E-state index contributed by atoms with van der Waals surface area (Å²) in [6.07, 6.45) is 2.08. The average molecular weight is 260 g/mol. The van der Waals surface area contributed by atoms with Crippen LogP contribution >= 0.6 is 0 Å². The van der Waals surface area contributed by atoms with Crippen molar-refractivity contribution in [2.75, 3.05) is 13.2 Å². The summed E-state index contributed by atoms with van der Waals surface area (Å²) < 4.78 is 9.77. The Kier molecular flexibility index (Phi) is 7.54. The molecule has 0 fully saturated rings. The molecule has 0 amide bonds. The van der Waals surface area contributed by atoms with E-state index in [2.05, 4.69) is 0 Å². The lowest BCUT2D eigenvalue weighted by molar-refractivity contribution is -0.167. The molecule has 1 atom stereocenters. The molecule has 0 spiro atoms. The van der Waals surface area contributed by atoms with Gasteiger partial charge in [0.05, 0.1) is 0 Å². The van der Waals surface area contributed by atoms with E-state index in [-0.39, 0.29) is 0 Å². The molecule has 0 aromatic rings. The highest BCUT2D eigenvalue weighted by atomic mass is 16.6. The normalized spacial score (nSPS) is 12.9. The van der Waals surface area contributed by atoms with Crippen LogP contribution in [0.5, 0.6) is 0 Å². The molecule has 4 N–H and O–H groups in total. The predicted molar refractivity (Wildman–Crippen MR) is 67.7 cm³/mol. The average Bonchev–Trinajstić information content (AvgIpc) is 2.23. The number of esters is 2. The summed E-state index contributed by atoms with van der Waals surface area (Å²) in [5.41, 5.74) is 10.3. The largest absolute Gasteiger partial charge is 0.457 e. The van der Waals surface area contributed by atoms with Gasteiger partial charge in [0.25, 0.3) is 0 Å². The van der Waals surface area contributed by atoms with Crippen LogP contribution in [0.25, 0.3) is 0 Å². The van der Waals surface area contributed by atoms with Crippen LogP contribution in [0.4, 0.5) is 0 Å². The zero-order chi connectivity index (χ0) is 14.2. The Morgan fingerprint density at radius 1 is 1.22 bits per heavy atom. The second-order valence-corrected chi connectivity index (χ2v) is 5.09. The molecule has 0 saturated carbocycles. The van der Waals surface area contributed by atoms with Gasteiger partial charge in [-0.25, -0.2) is 4.79 Å². The summed E-state index contributed by atoms with van der Waals surface area (Å²) in [7, 11) is 0. The number of rotatable bonds is 7. The third-order valence-electron chi connectivity index (χ3n) is 2.02. The van der Waals surface area contributed by atoms with Crippen LogP contribution in [0.15, 0.2) is 0 Å². The molecule has 0 heterocycles. The molecule has 0 unspecified atom stereocenters. The minimum Gasteiger partial charge on any atom is -0.457 e. The second kappa shape index (κ2) is 8.05. The molecular formula is C12H24N2O4. The van der Waals surface area contributed by atoms with E-state index in [4.69, 9.17) is 20.9 Å². The van der Waals surface area contributed by atoms with Crippen molar-refractivity contribution in [3.8, 4) is 0 Å². The van der Waals surface area contributed by atoms with E-state index in [9.17, 15) is 9.59 Å². The van der Waals surface area contributed by atoms with Crippen molar-refractivity contribution in [2.24, 2.45) is 11.5 Å². The van der Waals surface area contributed by atoms with E-state index >= 15 is 0 Å². The van der Waals surface area contributed by atoms with Gasteiger partial charge in [-0.2, -0.15) is 0 Å². The molecule has 106 valence electrons. The predicted octanol–water partition coefficient (Wildman–Crippen LogP) is 0.328. The van der Waals surface area contributed by atoms with Crippen LogP contribution in [-0.4, -0.2) is 36.7 Å². The highest BCUT2D eigenvalue weighted by Gasteiger charge is 2.20. The number of unbranched alkanes of at least 4 members (excludes halogenated alkanes) is 1. The third-order valence-corrected chi connectivity index (χ3v) is 2.02. The van der Waals surface area contributed by atoms with Gasteiger partial charge in [0.2, 0.25) is 0 Å². The number of ether oxygens (including phenoxy) is 2. The fourth-order valence-electron chi connectivity index (χ4n) is 1.23. The Labute approximate surface area is 108 Å². The summed E-state index contributed by atoms with van der Waals surface area (Å²) in [5.74, 6) is -1.16. The van der Waals surface area contributed by atoms with Crippen molar-refractivity contribution in [1.29, 1.82) is 0 Å². The van der Waals surface area contributed by atoms with Crippen LogP contribution < -0.4 is 11.5 Å². The minimum atomic E-state index is -0.709. The maximum Gasteiger partial charge on any atom is 0.344 e. The number of hydrogen-bond donors (Lipinski definition) is 2. The van der Waals surface area contributed by atoms with Gasteiger partial charge in [-0.1, -0.05) is 6.42 Å². The lowest BCUT2D eigenvalue weighted by Gasteiger charge is -2.19. The van der Waals surface area contributed by atoms with Crippen molar-refractivity contribution in [2.45, 2.75) is 51.7 Å². The summed E-state index contributed by atoms with van der Waals surface area (Å²) in [6, 6.07) is -0.709. The van der Waals surface area contributed by atoms with E-state index in [1.807, 2.05) is 0 Å². The lowest BCUT2D eigenvalue weighted by atomic mass is 10.1. The SMILES string of the molecule is CC(C)(C)OC(=O)COC(=O)[C@H](N)CCCCN. The first-order valence-electron chi connectivity index (χ1n) is 6.10. The van der Waals surface area contributed by atoms with Crippen LogP contribution in [0.2, 0.25) is 0 Å². The molecule has 0 saturated heterocycles. The van der Waals surface area contributed by atoms with Crippen LogP contribution in [0.1, 0.15) is 40.0 Å². The molecule has 0 aliphatic carbocycles. The molecule has 0 radical (unpaired) electrons. The number of nitrogens with two attached hydrogens (primary N) is 2. The Balaban J connectivity index is 3.85. The van der Waals surface area contributed by atoms with Gasteiger partial charge in [0, 0.05) is 0 Å². The molecule has 0 aromatic heterocycles. The monoisotopic (exact) mass is 260 g/mol. The van der Waals surface area contributed by atoms with Gasteiger partial charge in [0.15, 0.2) is 6.61 Å². The van der Waals surface area contributed by atoms with Crippen molar-refractivity contribution in [3.63, 3.8) is 0 Å². The van der Waals surface area contributed by atoms with Crippen LogP contribution in [-0.2, 0) is 19.1 Å². The fraction of sp³-hybridized carbons (Fsp3) is 0.833. The van der Waals surface area contributed by atoms with Gasteiger partial charge in [-0.05, 0) is 40.2 Å². The molecule has 6 heteroatoms. The van der Waals surface area contributed by atoms with Crippen molar-refractivity contribution >= 4 is 11.9 Å². The molecular weight excluding hydrogens is 236 g/mol. The topological polar surface area (TPSA) is 105 Å². The van der Waals surface area contributed by atoms with E-state index in [1.165, 1.54) is 0 Å². The first-order valence-corrected chi connectivity index (χ1v) is 6.10. The Morgan fingerprint density at radius 2 is 1.83 bits per heavy atom. The van der Waals surface area contributed by atoms with Gasteiger partial charge < -0.3 is 20.9 Å². The summed E-state index contributed by atoms with van der Waals surface area (Å²) >= 11 is 0. The molecule has 6 nitrogen and oxygen atoms in total. The first-order chi connectivity index (χ1) is 8.26. The maximum atomic E-state index is 11.4. The van der Waals surface area contributed by atoms with E-state index in [0.29, 0.717) is 13.0 Å². The highest BCUT2D eigenvalue weighted by Crippen LogP contribution is 2.07. The highest BCUT2D eigenvalue weighted by molar-refractivity contribution is 5.79. The molecule has 0 aromatic carbocycles. The van der Waals surface area contributed by atoms with Gasteiger partial charge in [-0.15, -0.1) is 0 Å². The van der Waals surface area contributed by atoms with Gasteiger partial charge in [0.1, 0.15) is 11.6 Å². The number of carbonyl (C=O) groups is 2. The molecule has 0 aliphatic heterocycles. The van der Waals surface area contributed by atoms with Gasteiger partial charge >= 0.3 is 11.9 Å². The Bertz CT molecular complexity index is 274. The molecule has 0 aliphatic rings. The fourth-order valence-corrected chi connectivity index (χ4v) is 1.23.